The van der Waals surface area contributed by atoms with Gasteiger partial charge in [0.15, 0.2) is 0 Å². The second kappa shape index (κ2) is 5.72. The predicted octanol–water partition coefficient (Wildman–Crippen LogP) is 4.34. The molecule has 104 valence electrons. The molecule has 1 aliphatic heterocycles. The highest BCUT2D eigenvalue weighted by atomic mass is 35.5. The largest absolute Gasteiger partial charge is 0.368 e. The average molecular weight is 318 g/mol. The van der Waals surface area contributed by atoms with Gasteiger partial charge in [-0.1, -0.05) is 64.8 Å². The van der Waals surface area contributed by atoms with E-state index >= 15 is 0 Å². The number of halogens is 2. The Bertz CT molecular complexity index is 747. The van der Waals surface area contributed by atoms with Crippen molar-refractivity contribution in [2.75, 3.05) is 0 Å². The molecule has 0 aromatic heterocycles. The number of oxime groups is 1. The third kappa shape index (κ3) is 2.71. The summed E-state index contributed by atoms with van der Waals surface area (Å²) in [5.41, 5.74) is 2.16. The lowest BCUT2D eigenvalue weighted by Gasteiger charge is -2.04. The Morgan fingerprint density at radius 1 is 0.952 bits per heavy atom. The van der Waals surface area contributed by atoms with E-state index in [-0.39, 0.29) is 0 Å². The lowest BCUT2D eigenvalue weighted by Crippen LogP contribution is -2.06. The number of rotatable bonds is 2. The first-order chi connectivity index (χ1) is 10.2. The van der Waals surface area contributed by atoms with Crippen molar-refractivity contribution in [3.8, 4) is 0 Å². The third-order valence-electron chi connectivity index (χ3n) is 3.03. The quantitative estimate of drug-likeness (QED) is 0.610. The van der Waals surface area contributed by atoms with Crippen molar-refractivity contribution in [3.05, 3.63) is 75.3 Å². The molecule has 0 fully saturated rings. The Hall–Kier alpha value is -2.10. The first-order valence-corrected chi connectivity index (χ1v) is 6.93. The Kier molecular flexibility index (Phi) is 3.78. The fourth-order valence-electron chi connectivity index (χ4n) is 2.01. The summed E-state index contributed by atoms with van der Waals surface area (Å²) in [7, 11) is 0. The minimum Gasteiger partial charge on any atom is -0.312 e. The van der Waals surface area contributed by atoms with Crippen LogP contribution in [0.15, 0.2) is 59.3 Å². The van der Waals surface area contributed by atoms with Gasteiger partial charge in [-0.15, -0.1) is 0 Å². The van der Waals surface area contributed by atoms with E-state index in [1.54, 1.807) is 24.3 Å². The maximum atomic E-state index is 11.9. The van der Waals surface area contributed by atoms with Crippen LogP contribution in [0.2, 0.25) is 10.0 Å². The van der Waals surface area contributed by atoms with Gasteiger partial charge >= 0.3 is 5.97 Å². The van der Waals surface area contributed by atoms with E-state index in [4.69, 9.17) is 28.0 Å². The lowest BCUT2D eigenvalue weighted by atomic mass is 10.0. The smallest absolute Gasteiger partial charge is 0.312 e. The van der Waals surface area contributed by atoms with Crippen molar-refractivity contribution in [2.45, 2.75) is 0 Å². The monoisotopic (exact) mass is 317 g/mol. The van der Waals surface area contributed by atoms with E-state index < -0.39 is 5.97 Å². The molecule has 0 radical (unpaired) electrons. The third-order valence-corrected chi connectivity index (χ3v) is 3.69. The van der Waals surface area contributed by atoms with Gasteiger partial charge in [-0.2, -0.15) is 0 Å². The summed E-state index contributed by atoms with van der Waals surface area (Å²) >= 11 is 12.3. The van der Waals surface area contributed by atoms with Gasteiger partial charge in [-0.3, -0.25) is 0 Å². The lowest BCUT2D eigenvalue weighted by molar-refractivity contribution is -0.136. The topological polar surface area (TPSA) is 38.7 Å². The van der Waals surface area contributed by atoms with Gasteiger partial charge in [0.2, 0.25) is 0 Å². The number of benzene rings is 2. The van der Waals surface area contributed by atoms with Gasteiger partial charge < -0.3 is 4.84 Å². The molecule has 0 amide bonds. The molecule has 0 saturated carbocycles. The van der Waals surface area contributed by atoms with Crippen LogP contribution < -0.4 is 0 Å². The van der Waals surface area contributed by atoms with Gasteiger partial charge in [-0.05, 0) is 18.2 Å². The summed E-state index contributed by atoms with van der Waals surface area (Å²) in [5, 5.41) is 4.76. The summed E-state index contributed by atoms with van der Waals surface area (Å²) in [5.74, 6) is -0.523. The Balaban J connectivity index is 2.10. The first kappa shape index (κ1) is 13.9. The van der Waals surface area contributed by atoms with Crippen LogP contribution in [-0.4, -0.2) is 11.7 Å². The molecule has 0 atom stereocenters. The van der Waals surface area contributed by atoms with E-state index in [1.165, 1.54) is 0 Å². The number of carbonyl (C=O) groups is 1. The van der Waals surface area contributed by atoms with Crippen molar-refractivity contribution in [1.82, 2.24) is 0 Å². The van der Waals surface area contributed by atoms with Gasteiger partial charge in [-0.25, -0.2) is 4.79 Å². The van der Waals surface area contributed by atoms with Crippen molar-refractivity contribution < 1.29 is 9.63 Å². The standard InChI is InChI=1S/C16H9Cl2NO2/c17-13-7-4-8-14(18)11(13)9-12-15(19-21-16(12)20)10-5-2-1-3-6-10/h1-9H. The van der Waals surface area contributed by atoms with Crippen LogP contribution in [0.3, 0.4) is 0 Å². The zero-order valence-corrected chi connectivity index (χ0v) is 12.2. The molecular formula is C16H9Cl2NO2. The van der Waals surface area contributed by atoms with Gasteiger partial charge in [0.1, 0.15) is 5.71 Å². The molecule has 5 heteroatoms. The van der Waals surface area contributed by atoms with Crippen LogP contribution in [-0.2, 0) is 9.63 Å². The fourth-order valence-corrected chi connectivity index (χ4v) is 2.51. The summed E-state index contributed by atoms with van der Waals surface area (Å²) in [6.07, 6.45) is 1.60. The van der Waals surface area contributed by atoms with E-state index in [1.807, 2.05) is 30.3 Å². The molecular weight excluding hydrogens is 309 g/mol. The zero-order valence-electron chi connectivity index (χ0n) is 10.7. The summed E-state index contributed by atoms with van der Waals surface area (Å²) in [4.78, 5) is 16.7. The molecule has 1 aliphatic rings. The molecule has 0 spiro atoms. The Morgan fingerprint density at radius 2 is 1.62 bits per heavy atom. The highest BCUT2D eigenvalue weighted by Crippen LogP contribution is 2.29. The van der Waals surface area contributed by atoms with E-state index in [0.717, 1.165) is 5.56 Å². The molecule has 0 aliphatic carbocycles. The van der Waals surface area contributed by atoms with Gasteiger partial charge in [0, 0.05) is 21.2 Å². The molecule has 3 nitrogen and oxygen atoms in total. The highest BCUT2D eigenvalue weighted by molar-refractivity contribution is 6.38. The first-order valence-electron chi connectivity index (χ1n) is 6.17. The number of nitrogens with zero attached hydrogens (tertiary/aromatic N) is 1. The zero-order chi connectivity index (χ0) is 14.8. The van der Waals surface area contributed by atoms with Crippen molar-refractivity contribution in [1.29, 1.82) is 0 Å². The minimum atomic E-state index is -0.523. The summed E-state index contributed by atoms with van der Waals surface area (Å²) in [6, 6.07) is 14.5. The predicted molar refractivity (Wildman–Crippen MR) is 83.5 cm³/mol. The van der Waals surface area contributed by atoms with Crippen LogP contribution in [0, 0.1) is 0 Å². The summed E-state index contributed by atoms with van der Waals surface area (Å²) in [6.45, 7) is 0. The van der Waals surface area contributed by atoms with Crippen LogP contribution in [0.4, 0.5) is 0 Å². The molecule has 21 heavy (non-hydrogen) atoms. The molecule has 1 heterocycles. The van der Waals surface area contributed by atoms with Crippen molar-refractivity contribution in [2.24, 2.45) is 5.16 Å². The minimum absolute atomic E-state index is 0.330. The molecule has 2 aromatic rings. The molecule has 0 saturated heterocycles. The number of hydrogen-bond acceptors (Lipinski definition) is 3. The fraction of sp³-hybridized carbons (Fsp3) is 0. The Labute approximate surface area is 131 Å². The average Bonchev–Trinajstić information content (AvgIpc) is 2.85. The summed E-state index contributed by atoms with van der Waals surface area (Å²) < 4.78 is 0. The molecule has 0 N–H and O–H groups in total. The normalized spacial score (nSPS) is 16.0. The second-order valence-corrected chi connectivity index (χ2v) is 5.19. The maximum Gasteiger partial charge on any atom is 0.368 e. The highest BCUT2D eigenvalue weighted by Gasteiger charge is 2.27. The van der Waals surface area contributed by atoms with Crippen molar-refractivity contribution >= 4 is 41.0 Å². The van der Waals surface area contributed by atoms with E-state index in [9.17, 15) is 4.79 Å². The molecule has 2 aromatic carbocycles. The van der Waals surface area contributed by atoms with E-state index in [0.29, 0.717) is 26.9 Å². The van der Waals surface area contributed by atoms with Crippen LogP contribution in [0.5, 0.6) is 0 Å². The van der Waals surface area contributed by atoms with Gasteiger partial charge in [0.25, 0.3) is 0 Å². The van der Waals surface area contributed by atoms with Crippen LogP contribution in [0.1, 0.15) is 11.1 Å². The molecule has 3 rings (SSSR count). The number of hydrogen-bond donors (Lipinski definition) is 0. The SMILES string of the molecule is O=C1ON=C(c2ccccc2)C1=Cc1c(Cl)cccc1Cl. The maximum absolute atomic E-state index is 11.9. The Morgan fingerprint density at radius 3 is 2.29 bits per heavy atom. The molecule has 0 bridgehead atoms. The van der Waals surface area contributed by atoms with Crippen LogP contribution >= 0.6 is 23.2 Å². The van der Waals surface area contributed by atoms with Gasteiger partial charge in [0.05, 0.1) is 5.57 Å². The van der Waals surface area contributed by atoms with E-state index in [2.05, 4.69) is 5.16 Å². The molecule has 0 unspecified atom stereocenters. The second-order valence-electron chi connectivity index (χ2n) is 4.38. The number of carbonyl (C=O) groups excluding carboxylic acids is 1. The van der Waals surface area contributed by atoms with Crippen molar-refractivity contribution in [3.63, 3.8) is 0 Å². The van der Waals surface area contributed by atoms with Crippen LogP contribution in [0.25, 0.3) is 6.08 Å².